The molecule has 0 saturated heterocycles. The molecule has 0 aliphatic heterocycles. The summed E-state index contributed by atoms with van der Waals surface area (Å²) in [6.45, 7) is 3.12. The van der Waals surface area contributed by atoms with Gasteiger partial charge in [-0.25, -0.2) is 4.39 Å². The summed E-state index contributed by atoms with van der Waals surface area (Å²) in [4.78, 5) is 24.6. The lowest BCUT2D eigenvalue weighted by Gasteiger charge is -2.11. The highest BCUT2D eigenvalue weighted by Crippen LogP contribution is 2.27. The fourth-order valence-electron chi connectivity index (χ4n) is 2.45. The van der Waals surface area contributed by atoms with Gasteiger partial charge in [-0.1, -0.05) is 0 Å². The molecule has 1 aliphatic carbocycles. The largest absolute Gasteiger partial charge is 0.352 e. The highest BCUT2D eigenvalue weighted by molar-refractivity contribution is 5.97. The van der Waals surface area contributed by atoms with Crippen molar-refractivity contribution in [3.63, 3.8) is 0 Å². The number of pyridine rings is 1. The van der Waals surface area contributed by atoms with E-state index in [1.807, 2.05) is 6.92 Å². The molecule has 1 amide bonds. The van der Waals surface area contributed by atoms with Crippen LogP contribution in [0, 0.1) is 11.7 Å². The van der Waals surface area contributed by atoms with Crippen LogP contribution in [0.4, 0.5) is 4.39 Å². The number of carbonyl (C=O) groups is 1. The molecule has 0 bridgehead atoms. The van der Waals surface area contributed by atoms with Gasteiger partial charge in [-0.15, -0.1) is 0 Å². The van der Waals surface area contributed by atoms with Crippen molar-refractivity contribution in [2.45, 2.75) is 26.3 Å². The Balaban J connectivity index is 2.06. The molecule has 1 fully saturated rings. The van der Waals surface area contributed by atoms with Crippen LogP contribution in [0.2, 0.25) is 0 Å². The minimum atomic E-state index is -0.474. The molecule has 2 aromatic rings. The molecule has 1 N–H and O–H groups in total. The zero-order valence-corrected chi connectivity index (χ0v) is 11.9. The number of benzene rings is 1. The third-order valence-electron chi connectivity index (χ3n) is 3.88. The summed E-state index contributed by atoms with van der Waals surface area (Å²) in [6, 6.07) is 4.09. The van der Waals surface area contributed by atoms with Gasteiger partial charge in [0.2, 0.25) is 5.43 Å². The summed E-state index contributed by atoms with van der Waals surface area (Å²) in [5, 5.41) is 3.03. The Labute approximate surface area is 121 Å². The quantitative estimate of drug-likeness (QED) is 0.938. The van der Waals surface area contributed by atoms with Crippen molar-refractivity contribution in [1.29, 1.82) is 0 Å². The minimum absolute atomic E-state index is 0.0793. The number of aryl methyl sites for hydroxylation is 1. The molecule has 1 aromatic carbocycles. The maximum Gasteiger partial charge on any atom is 0.256 e. The molecule has 0 spiro atoms. The van der Waals surface area contributed by atoms with Crippen molar-refractivity contribution >= 4 is 16.8 Å². The van der Waals surface area contributed by atoms with Crippen LogP contribution >= 0.6 is 0 Å². The fourth-order valence-corrected chi connectivity index (χ4v) is 2.45. The van der Waals surface area contributed by atoms with Crippen molar-refractivity contribution in [2.24, 2.45) is 5.92 Å². The van der Waals surface area contributed by atoms with Gasteiger partial charge in [-0.2, -0.15) is 0 Å². The number of hydrogen-bond acceptors (Lipinski definition) is 2. The summed E-state index contributed by atoms with van der Waals surface area (Å²) in [5.74, 6) is -0.307. The molecule has 1 saturated carbocycles. The lowest BCUT2D eigenvalue weighted by molar-refractivity contribution is 0.0950. The average molecular weight is 288 g/mol. The first-order chi connectivity index (χ1) is 10.1. The van der Waals surface area contributed by atoms with Gasteiger partial charge in [0.1, 0.15) is 11.4 Å². The molecule has 1 aliphatic rings. The summed E-state index contributed by atoms with van der Waals surface area (Å²) in [7, 11) is 0. The molecule has 0 unspecified atom stereocenters. The van der Waals surface area contributed by atoms with Crippen LogP contribution in [0.1, 0.15) is 30.1 Å². The van der Waals surface area contributed by atoms with Gasteiger partial charge in [0.25, 0.3) is 5.91 Å². The number of aromatic nitrogens is 1. The average Bonchev–Trinajstić information content (AvgIpc) is 3.30. The van der Waals surface area contributed by atoms with Crippen LogP contribution in [-0.4, -0.2) is 17.0 Å². The maximum absolute atomic E-state index is 13.4. The number of hydrogen-bond donors (Lipinski definition) is 1. The number of rotatable bonds is 4. The standard InChI is InChI=1S/C16H17FN2O2/c1-2-19-9-13(16(21)18-8-10-3-4-10)15(20)12-7-11(17)5-6-14(12)19/h5-7,9-10H,2-4,8H2,1H3,(H,18,21). The number of carbonyl (C=O) groups excluding carboxylic acids is 1. The molecule has 21 heavy (non-hydrogen) atoms. The topological polar surface area (TPSA) is 51.1 Å². The van der Waals surface area contributed by atoms with Crippen LogP contribution in [0.15, 0.2) is 29.2 Å². The first kappa shape index (κ1) is 13.8. The van der Waals surface area contributed by atoms with E-state index >= 15 is 0 Å². The maximum atomic E-state index is 13.4. The number of halogens is 1. The molecule has 5 heteroatoms. The Kier molecular flexibility index (Phi) is 3.49. The van der Waals surface area contributed by atoms with E-state index in [9.17, 15) is 14.0 Å². The second kappa shape index (κ2) is 5.31. The fraction of sp³-hybridized carbons (Fsp3) is 0.375. The Bertz CT molecular complexity index is 763. The van der Waals surface area contributed by atoms with E-state index in [4.69, 9.17) is 0 Å². The van der Waals surface area contributed by atoms with Gasteiger partial charge < -0.3 is 9.88 Å². The van der Waals surface area contributed by atoms with E-state index in [-0.39, 0.29) is 16.9 Å². The molecule has 1 heterocycles. The molecule has 0 radical (unpaired) electrons. The molecule has 0 atom stereocenters. The Morgan fingerprint density at radius 1 is 1.43 bits per heavy atom. The first-order valence-corrected chi connectivity index (χ1v) is 7.21. The smallest absolute Gasteiger partial charge is 0.256 e. The second-order valence-corrected chi connectivity index (χ2v) is 5.47. The van der Waals surface area contributed by atoms with Crippen LogP contribution in [0.25, 0.3) is 10.9 Å². The number of fused-ring (bicyclic) bond motifs is 1. The van der Waals surface area contributed by atoms with E-state index in [0.29, 0.717) is 24.5 Å². The van der Waals surface area contributed by atoms with Crippen molar-refractivity contribution < 1.29 is 9.18 Å². The number of nitrogens with zero attached hydrogens (tertiary/aromatic N) is 1. The molecular formula is C16H17FN2O2. The predicted molar refractivity (Wildman–Crippen MR) is 78.9 cm³/mol. The highest BCUT2D eigenvalue weighted by atomic mass is 19.1. The highest BCUT2D eigenvalue weighted by Gasteiger charge is 2.23. The van der Waals surface area contributed by atoms with Gasteiger partial charge in [0, 0.05) is 24.7 Å². The molecule has 1 aromatic heterocycles. The Hall–Kier alpha value is -2.17. The van der Waals surface area contributed by atoms with E-state index in [2.05, 4.69) is 5.32 Å². The van der Waals surface area contributed by atoms with E-state index in [0.717, 1.165) is 12.8 Å². The van der Waals surface area contributed by atoms with Gasteiger partial charge in [0.15, 0.2) is 0 Å². The van der Waals surface area contributed by atoms with Crippen LogP contribution < -0.4 is 10.7 Å². The monoisotopic (exact) mass is 288 g/mol. The Morgan fingerprint density at radius 2 is 2.19 bits per heavy atom. The van der Waals surface area contributed by atoms with Crippen molar-refractivity contribution in [3.05, 3.63) is 46.0 Å². The van der Waals surface area contributed by atoms with Gasteiger partial charge in [0.05, 0.1) is 5.52 Å². The summed E-state index contributed by atoms with van der Waals surface area (Å²) < 4.78 is 15.2. The summed E-state index contributed by atoms with van der Waals surface area (Å²) in [5.41, 5.74) is 0.306. The van der Waals surface area contributed by atoms with Crippen molar-refractivity contribution in [1.82, 2.24) is 9.88 Å². The number of amides is 1. The van der Waals surface area contributed by atoms with E-state index < -0.39 is 11.2 Å². The van der Waals surface area contributed by atoms with Gasteiger partial charge >= 0.3 is 0 Å². The van der Waals surface area contributed by atoms with E-state index in [1.165, 1.54) is 12.1 Å². The third kappa shape index (κ3) is 2.68. The van der Waals surface area contributed by atoms with Gasteiger partial charge in [-0.05, 0) is 43.9 Å². The minimum Gasteiger partial charge on any atom is -0.352 e. The molecule has 110 valence electrons. The van der Waals surface area contributed by atoms with Crippen molar-refractivity contribution in [2.75, 3.05) is 6.54 Å². The molecule has 4 nitrogen and oxygen atoms in total. The normalized spacial score (nSPS) is 14.4. The third-order valence-corrected chi connectivity index (χ3v) is 3.88. The van der Waals surface area contributed by atoms with Gasteiger partial charge in [-0.3, -0.25) is 9.59 Å². The summed E-state index contributed by atoms with van der Waals surface area (Å²) >= 11 is 0. The molecule has 3 rings (SSSR count). The first-order valence-electron chi connectivity index (χ1n) is 7.21. The zero-order valence-electron chi connectivity index (χ0n) is 11.9. The SMILES string of the molecule is CCn1cc(C(=O)NCC2CC2)c(=O)c2cc(F)ccc21. The predicted octanol–water partition coefficient (Wildman–Crippen LogP) is 2.30. The second-order valence-electron chi connectivity index (χ2n) is 5.47. The lowest BCUT2D eigenvalue weighted by atomic mass is 10.1. The zero-order chi connectivity index (χ0) is 15.0. The van der Waals surface area contributed by atoms with Crippen molar-refractivity contribution in [3.8, 4) is 0 Å². The summed E-state index contributed by atoms with van der Waals surface area (Å²) in [6.07, 6.45) is 3.82. The number of nitrogens with one attached hydrogen (secondary N) is 1. The molecular weight excluding hydrogens is 271 g/mol. The van der Waals surface area contributed by atoms with Crippen LogP contribution in [0.5, 0.6) is 0 Å². The van der Waals surface area contributed by atoms with Crippen LogP contribution in [-0.2, 0) is 6.54 Å². The van der Waals surface area contributed by atoms with Crippen LogP contribution in [0.3, 0.4) is 0 Å². The van der Waals surface area contributed by atoms with E-state index in [1.54, 1.807) is 16.8 Å². The lowest BCUT2D eigenvalue weighted by Crippen LogP contribution is -2.31. The Morgan fingerprint density at radius 3 is 2.86 bits per heavy atom.